The van der Waals surface area contributed by atoms with Gasteiger partial charge in [-0.05, 0) is 55.5 Å². The van der Waals surface area contributed by atoms with Gasteiger partial charge in [-0.3, -0.25) is 4.79 Å². The minimum absolute atomic E-state index is 0.118. The Bertz CT molecular complexity index is 1020. The average Bonchev–Trinajstić information content (AvgIpc) is 2.68. The molecule has 0 aliphatic rings. The van der Waals surface area contributed by atoms with E-state index in [1.54, 1.807) is 49.4 Å². The number of carbonyl (C=O) groups excluding carboxylic acids is 2. The minimum atomic E-state index is -0.384. The molecule has 3 rings (SSSR count). The molecular formula is C21H21N5O3. The number of ether oxygens (including phenoxy) is 1. The number of nitrogens with zero attached hydrogens (tertiary/aromatic N) is 2. The molecule has 3 aromatic rings. The molecule has 0 fully saturated rings. The number of aryl methyl sites for hydroxylation is 1. The number of nitrogens with one attached hydrogen (secondary N) is 3. The van der Waals surface area contributed by atoms with E-state index in [-0.39, 0.29) is 11.9 Å². The first-order valence-electron chi connectivity index (χ1n) is 8.89. The molecule has 0 bridgehead atoms. The summed E-state index contributed by atoms with van der Waals surface area (Å²) in [6.45, 7) is 3.27. The molecule has 29 heavy (non-hydrogen) atoms. The summed E-state index contributed by atoms with van der Waals surface area (Å²) in [5.41, 5.74) is 2.80. The molecule has 0 saturated heterocycles. The molecule has 1 aromatic heterocycles. The molecule has 0 aliphatic carbocycles. The number of esters is 1. The molecule has 8 heteroatoms. The van der Waals surface area contributed by atoms with E-state index in [4.69, 9.17) is 4.74 Å². The Morgan fingerprint density at radius 2 is 1.31 bits per heavy atom. The Morgan fingerprint density at radius 1 is 0.828 bits per heavy atom. The van der Waals surface area contributed by atoms with Gasteiger partial charge in [0.15, 0.2) is 0 Å². The van der Waals surface area contributed by atoms with Crippen LogP contribution in [0.4, 0.5) is 28.7 Å². The zero-order valence-corrected chi connectivity index (χ0v) is 16.3. The molecule has 1 heterocycles. The Balaban J connectivity index is 1.72. The normalized spacial score (nSPS) is 10.2. The van der Waals surface area contributed by atoms with Crippen LogP contribution in [0, 0.1) is 6.92 Å². The van der Waals surface area contributed by atoms with Gasteiger partial charge in [-0.2, -0.15) is 0 Å². The van der Waals surface area contributed by atoms with Crippen molar-refractivity contribution in [2.75, 3.05) is 23.1 Å². The highest BCUT2D eigenvalue weighted by Crippen LogP contribution is 2.22. The van der Waals surface area contributed by atoms with Gasteiger partial charge in [0.05, 0.1) is 12.7 Å². The van der Waals surface area contributed by atoms with Gasteiger partial charge in [0.1, 0.15) is 17.5 Å². The summed E-state index contributed by atoms with van der Waals surface area (Å²) >= 11 is 0. The van der Waals surface area contributed by atoms with Crippen LogP contribution in [-0.2, 0) is 9.53 Å². The van der Waals surface area contributed by atoms with E-state index in [1.807, 2.05) is 12.1 Å². The van der Waals surface area contributed by atoms with Gasteiger partial charge in [-0.25, -0.2) is 14.8 Å². The van der Waals surface area contributed by atoms with Crippen molar-refractivity contribution in [3.8, 4) is 0 Å². The predicted molar refractivity (Wildman–Crippen MR) is 112 cm³/mol. The molecule has 0 atom stereocenters. The molecule has 1 amide bonds. The molecule has 3 N–H and O–H groups in total. The van der Waals surface area contributed by atoms with E-state index in [2.05, 4.69) is 25.9 Å². The van der Waals surface area contributed by atoms with E-state index in [9.17, 15) is 9.59 Å². The topological polar surface area (TPSA) is 105 Å². The van der Waals surface area contributed by atoms with Crippen molar-refractivity contribution < 1.29 is 14.3 Å². The van der Waals surface area contributed by atoms with Crippen molar-refractivity contribution in [2.24, 2.45) is 0 Å². The van der Waals surface area contributed by atoms with Crippen molar-refractivity contribution in [3.63, 3.8) is 0 Å². The first-order valence-corrected chi connectivity index (χ1v) is 8.89. The van der Waals surface area contributed by atoms with Crippen LogP contribution in [-0.4, -0.2) is 29.0 Å². The Kier molecular flexibility index (Phi) is 6.03. The third-order valence-corrected chi connectivity index (χ3v) is 3.89. The highest BCUT2D eigenvalue weighted by Gasteiger charge is 2.07. The average molecular weight is 391 g/mol. The number of aromatic nitrogens is 2. The van der Waals surface area contributed by atoms with Crippen molar-refractivity contribution in [2.45, 2.75) is 13.8 Å². The minimum Gasteiger partial charge on any atom is -0.465 e. The lowest BCUT2D eigenvalue weighted by Gasteiger charge is -2.11. The summed E-state index contributed by atoms with van der Waals surface area (Å²) in [6.07, 6.45) is 0. The number of hydrogen-bond donors (Lipinski definition) is 3. The fourth-order valence-electron chi connectivity index (χ4n) is 2.64. The number of benzene rings is 2. The number of hydrogen-bond acceptors (Lipinski definition) is 7. The standard InChI is InChI=1S/C21H21N5O3/c1-13-22-19(25-17-6-4-15(5-7-17)21(28)29-3)12-20(23-13)26-18-10-8-16(9-11-18)24-14(2)27/h4-12H,1-3H3,(H,24,27)(H2,22,23,25,26). The fourth-order valence-corrected chi connectivity index (χ4v) is 2.64. The third-order valence-electron chi connectivity index (χ3n) is 3.89. The maximum Gasteiger partial charge on any atom is 0.337 e. The van der Waals surface area contributed by atoms with Gasteiger partial charge < -0.3 is 20.7 Å². The van der Waals surface area contributed by atoms with E-state index in [0.29, 0.717) is 23.0 Å². The third kappa shape index (κ3) is 5.52. The smallest absolute Gasteiger partial charge is 0.337 e. The number of amides is 1. The SMILES string of the molecule is COC(=O)c1ccc(Nc2cc(Nc3ccc(NC(C)=O)cc3)nc(C)n2)cc1. The number of carbonyl (C=O) groups is 2. The van der Waals surface area contributed by atoms with Crippen molar-refractivity contribution in [1.29, 1.82) is 0 Å². The van der Waals surface area contributed by atoms with Crippen molar-refractivity contribution in [1.82, 2.24) is 9.97 Å². The zero-order valence-electron chi connectivity index (χ0n) is 16.3. The lowest BCUT2D eigenvalue weighted by atomic mass is 10.2. The molecular weight excluding hydrogens is 370 g/mol. The molecule has 8 nitrogen and oxygen atoms in total. The maximum atomic E-state index is 11.5. The van der Waals surface area contributed by atoms with Gasteiger partial charge in [0, 0.05) is 30.1 Å². The molecule has 0 spiro atoms. The summed E-state index contributed by atoms with van der Waals surface area (Å²) in [7, 11) is 1.35. The summed E-state index contributed by atoms with van der Waals surface area (Å²) in [6, 6.07) is 16.0. The highest BCUT2D eigenvalue weighted by molar-refractivity contribution is 5.90. The van der Waals surface area contributed by atoms with E-state index >= 15 is 0 Å². The van der Waals surface area contributed by atoms with E-state index in [0.717, 1.165) is 17.1 Å². The highest BCUT2D eigenvalue weighted by atomic mass is 16.5. The summed E-state index contributed by atoms with van der Waals surface area (Å²) < 4.78 is 4.70. The van der Waals surface area contributed by atoms with Gasteiger partial charge in [-0.1, -0.05) is 0 Å². The van der Waals surface area contributed by atoms with E-state index in [1.165, 1.54) is 14.0 Å². The molecule has 0 unspecified atom stereocenters. The van der Waals surface area contributed by atoms with Crippen molar-refractivity contribution >= 4 is 40.6 Å². The number of rotatable bonds is 6. The summed E-state index contributed by atoms with van der Waals surface area (Å²) in [5.74, 6) is 1.33. The van der Waals surface area contributed by atoms with Gasteiger partial charge in [0.2, 0.25) is 5.91 Å². The number of methoxy groups -OCH3 is 1. The lowest BCUT2D eigenvalue weighted by Crippen LogP contribution is -2.05. The second-order valence-electron chi connectivity index (χ2n) is 6.26. The lowest BCUT2D eigenvalue weighted by molar-refractivity contribution is -0.114. The Hall–Kier alpha value is -3.94. The molecule has 0 radical (unpaired) electrons. The van der Waals surface area contributed by atoms with E-state index < -0.39 is 0 Å². The second-order valence-corrected chi connectivity index (χ2v) is 6.26. The van der Waals surface area contributed by atoms with Crippen LogP contribution in [0.25, 0.3) is 0 Å². The van der Waals surface area contributed by atoms with Gasteiger partial charge >= 0.3 is 5.97 Å². The molecule has 0 aliphatic heterocycles. The Morgan fingerprint density at radius 3 is 1.79 bits per heavy atom. The Labute approximate surface area is 168 Å². The molecule has 2 aromatic carbocycles. The number of anilines is 5. The zero-order chi connectivity index (χ0) is 20.8. The predicted octanol–water partition coefficient (Wildman–Crippen LogP) is 4.02. The molecule has 148 valence electrons. The van der Waals surface area contributed by atoms with Crippen LogP contribution in [0.5, 0.6) is 0 Å². The summed E-state index contributed by atoms with van der Waals surface area (Å²) in [4.78, 5) is 31.4. The quantitative estimate of drug-likeness (QED) is 0.545. The second kappa shape index (κ2) is 8.83. The van der Waals surface area contributed by atoms with Crippen LogP contribution >= 0.6 is 0 Å². The van der Waals surface area contributed by atoms with Crippen LogP contribution in [0.15, 0.2) is 54.6 Å². The largest absolute Gasteiger partial charge is 0.465 e. The van der Waals surface area contributed by atoms with Crippen LogP contribution in [0.3, 0.4) is 0 Å². The van der Waals surface area contributed by atoms with Crippen molar-refractivity contribution in [3.05, 3.63) is 66.0 Å². The van der Waals surface area contributed by atoms with Gasteiger partial charge in [-0.15, -0.1) is 0 Å². The van der Waals surface area contributed by atoms with Gasteiger partial charge in [0.25, 0.3) is 0 Å². The first kappa shape index (κ1) is 19.8. The summed E-state index contributed by atoms with van der Waals surface area (Å²) in [5, 5.41) is 9.14. The monoisotopic (exact) mass is 391 g/mol. The van der Waals surface area contributed by atoms with Crippen LogP contribution in [0.2, 0.25) is 0 Å². The van der Waals surface area contributed by atoms with Crippen LogP contribution < -0.4 is 16.0 Å². The maximum absolute atomic E-state index is 11.5. The molecule has 0 saturated carbocycles. The van der Waals surface area contributed by atoms with Crippen LogP contribution in [0.1, 0.15) is 23.1 Å². The first-order chi connectivity index (χ1) is 13.9. The fraction of sp³-hybridized carbons (Fsp3) is 0.143.